The number of nitrogens with one attached hydrogen (secondary N) is 1. The molecule has 0 bridgehead atoms. The molecule has 2 aromatic heterocycles. The first-order valence-corrected chi connectivity index (χ1v) is 6.39. The lowest BCUT2D eigenvalue weighted by molar-refractivity contribution is 0.101. The number of halogens is 2. The van der Waals surface area contributed by atoms with Crippen LogP contribution in [-0.2, 0) is 7.05 Å². The van der Waals surface area contributed by atoms with Crippen LogP contribution in [0, 0.1) is 0 Å². The van der Waals surface area contributed by atoms with Gasteiger partial charge in [0, 0.05) is 30.1 Å². The van der Waals surface area contributed by atoms with E-state index in [9.17, 15) is 4.79 Å². The fraction of sp³-hybridized carbons (Fsp3) is 0.0909. The quantitative estimate of drug-likeness (QED) is 0.896. The minimum absolute atomic E-state index is 0.162. The van der Waals surface area contributed by atoms with Gasteiger partial charge in [-0.1, -0.05) is 0 Å². The van der Waals surface area contributed by atoms with Crippen LogP contribution in [0.2, 0.25) is 0 Å². The molecule has 0 fully saturated rings. The lowest BCUT2D eigenvalue weighted by Crippen LogP contribution is -2.15. The zero-order chi connectivity index (χ0) is 12.4. The lowest BCUT2D eigenvalue weighted by atomic mass is 10.3. The molecule has 6 heteroatoms. The van der Waals surface area contributed by atoms with Crippen molar-refractivity contribution in [2.75, 3.05) is 5.32 Å². The van der Waals surface area contributed by atoms with E-state index in [4.69, 9.17) is 0 Å². The van der Waals surface area contributed by atoms with E-state index >= 15 is 0 Å². The molecular formula is C11H9Br2N3O. The Bertz CT molecular complexity index is 566. The van der Waals surface area contributed by atoms with E-state index in [2.05, 4.69) is 42.2 Å². The van der Waals surface area contributed by atoms with Crippen LogP contribution >= 0.6 is 31.9 Å². The molecule has 0 aliphatic rings. The van der Waals surface area contributed by atoms with Gasteiger partial charge in [-0.2, -0.15) is 0 Å². The Hall–Kier alpha value is -1.14. The number of anilines is 1. The largest absolute Gasteiger partial charge is 0.345 e. The maximum atomic E-state index is 12.0. The highest BCUT2D eigenvalue weighted by atomic mass is 79.9. The summed E-state index contributed by atoms with van der Waals surface area (Å²) in [5, 5.41) is 2.81. The molecule has 4 nitrogen and oxygen atoms in total. The average Bonchev–Trinajstić information content (AvgIpc) is 2.61. The van der Waals surface area contributed by atoms with Gasteiger partial charge in [-0.15, -0.1) is 0 Å². The SMILES string of the molecule is Cn1cc(Br)cc1C(=O)Nc1ccncc1Br. The third kappa shape index (κ3) is 2.76. The highest BCUT2D eigenvalue weighted by Crippen LogP contribution is 2.21. The number of aromatic nitrogens is 2. The molecule has 0 saturated carbocycles. The first-order valence-electron chi connectivity index (χ1n) is 4.80. The Morgan fingerprint density at radius 1 is 1.47 bits per heavy atom. The van der Waals surface area contributed by atoms with Crippen molar-refractivity contribution in [3.05, 3.63) is 45.4 Å². The third-order valence-electron chi connectivity index (χ3n) is 2.22. The van der Waals surface area contributed by atoms with Gasteiger partial charge in [-0.25, -0.2) is 0 Å². The van der Waals surface area contributed by atoms with Crippen LogP contribution in [0.3, 0.4) is 0 Å². The lowest BCUT2D eigenvalue weighted by Gasteiger charge is -2.07. The van der Waals surface area contributed by atoms with E-state index in [-0.39, 0.29) is 5.91 Å². The summed E-state index contributed by atoms with van der Waals surface area (Å²) in [4.78, 5) is 15.9. The van der Waals surface area contributed by atoms with Crippen LogP contribution < -0.4 is 5.32 Å². The van der Waals surface area contributed by atoms with Gasteiger partial charge in [-0.05, 0) is 44.0 Å². The number of rotatable bonds is 2. The first-order chi connectivity index (χ1) is 8.08. The van der Waals surface area contributed by atoms with Gasteiger partial charge in [0.05, 0.1) is 10.2 Å². The Morgan fingerprint density at radius 3 is 2.82 bits per heavy atom. The fourth-order valence-electron chi connectivity index (χ4n) is 1.41. The van der Waals surface area contributed by atoms with Gasteiger partial charge < -0.3 is 9.88 Å². The summed E-state index contributed by atoms with van der Waals surface area (Å²) >= 11 is 6.66. The van der Waals surface area contributed by atoms with Crippen LogP contribution in [0.1, 0.15) is 10.5 Å². The molecule has 0 saturated heterocycles. The van der Waals surface area contributed by atoms with Gasteiger partial charge in [-0.3, -0.25) is 9.78 Å². The van der Waals surface area contributed by atoms with Gasteiger partial charge in [0.15, 0.2) is 0 Å². The summed E-state index contributed by atoms with van der Waals surface area (Å²) in [5.74, 6) is -0.162. The second-order valence-corrected chi connectivity index (χ2v) is 5.23. The first kappa shape index (κ1) is 12.3. The predicted octanol–water partition coefficient (Wildman–Crippen LogP) is 3.20. The Labute approximate surface area is 115 Å². The van der Waals surface area contributed by atoms with Crippen molar-refractivity contribution in [1.29, 1.82) is 0 Å². The zero-order valence-electron chi connectivity index (χ0n) is 8.95. The zero-order valence-corrected chi connectivity index (χ0v) is 12.1. The molecule has 88 valence electrons. The van der Waals surface area contributed by atoms with E-state index in [1.807, 2.05) is 13.2 Å². The fourth-order valence-corrected chi connectivity index (χ4v) is 2.29. The third-order valence-corrected chi connectivity index (χ3v) is 3.29. The molecule has 1 N–H and O–H groups in total. The van der Waals surface area contributed by atoms with Crippen LogP contribution in [0.25, 0.3) is 0 Å². The molecule has 0 radical (unpaired) electrons. The summed E-state index contributed by atoms with van der Waals surface area (Å²) in [6.45, 7) is 0. The van der Waals surface area contributed by atoms with E-state index < -0.39 is 0 Å². The van der Waals surface area contributed by atoms with Crippen molar-refractivity contribution < 1.29 is 4.79 Å². The Balaban J connectivity index is 2.23. The van der Waals surface area contributed by atoms with Gasteiger partial charge in [0.2, 0.25) is 0 Å². The molecule has 0 unspecified atom stereocenters. The van der Waals surface area contributed by atoms with Crippen molar-refractivity contribution in [2.24, 2.45) is 7.05 Å². The minimum Gasteiger partial charge on any atom is -0.345 e. The van der Waals surface area contributed by atoms with E-state index in [1.165, 1.54) is 0 Å². The van der Waals surface area contributed by atoms with E-state index in [1.54, 1.807) is 29.1 Å². The van der Waals surface area contributed by atoms with Crippen molar-refractivity contribution in [2.45, 2.75) is 0 Å². The maximum absolute atomic E-state index is 12.0. The van der Waals surface area contributed by atoms with E-state index in [0.717, 1.165) is 8.95 Å². The highest BCUT2D eigenvalue weighted by molar-refractivity contribution is 9.10. The molecule has 0 aliphatic carbocycles. The Kier molecular flexibility index (Phi) is 3.63. The minimum atomic E-state index is -0.162. The van der Waals surface area contributed by atoms with Crippen LogP contribution in [-0.4, -0.2) is 15.5 Å². The smallest absolute Gasteiger partial charge is 0.272 e. The van der Waals surface area contributed by atoms with Gasteiger partial charge in [0.25, 0.3) is 5.91 Å². The van der Waals surface area contributed by atoms with Crippen LogP contribution in [0.5, 0.6) is 0 Å². The molecule has 17 heavy (non-hydrogen) atoms. The molecule has 0 spiro atoms. The highest BCUT2D eigenvalue weighted by Gasteiger charge is 2.12. The topological polar surface area (TPSA) is 46.9 Å². The number of nitrogens with zero attached hydrogens (tertiary/aromatic N) is 2. The second kappa shape index (κ2) is 5.01. The van der Waals surface area contributed by atoms with E-state index in [0.29, 0.717) is 11.4 Å². The molecule has 0 atom stereocenters. The summed E-state index contributed by atoms with van der Waals surface area (Å²) < 4.78 is 3.38. The summed E-state index contributed by atoms with van der Waals surface area (Å²) in [5.41, 5.74) is 1.28. The number of carbonyl (C=O) groups is 1. The molecule has 1 amide bonds. The second-order valence-electron chi connectivity index (χ2n) is 3.46. The predicted molar refractivity (Wildman–Crippen MR) is 73.0 cm³/mol. The number of amides is 1. The molecular weight excluding hydrogens is 350 g/mol. The molecule has 2 rings (SSSR count). The Morgan fingerprint density at radius 2 is 2.24 bits per heavy atom. The van der Waals surface area contributed by atoms with Crippen molar-refractivity contribution in [1.82, 2.24) is 9.55 Å². The van der Waals surface area contributed by atoms with Gasteiger partial charge in [0.1, 0.15) is 5.69 Å². The average molecular weight is 359 g/mol. The standard InChI is InChI=1S/C11H9Br2N3O/c1-16-6-7(12)4-10(16)11(17)15-9-2-3-14-5-8(9)13/h2-6H,1H3,(H,14,15,17). The molecule has 0 aromatic carbocycles. The summed E-state index contributed by atoms with van der Waals surface area (Å²) in [6, 6.07) is 3.50. The normalized spacial score (nSPS) is 10.3. The number of carbonyl (C=O) groups excluding carboxylic acids is 1. The summed E-state index contributed by atoms with van der Waals surface area (Å²) in [6.07, 6.45) is 5.09. The van der Waals surface area contributed by atoms with Crippen LogP contribution in [0.15, 0.2) is 39.7 Å². The van der Waals surface area contributed by atoms with Gasteiger partial charge >= 0.3 is 0 Å². The molecule has 0 aliphatic heterocycles. The molecule has 2 aromatic rings. The molecule has 2 heterocycles. The number of hydrogen-bond donors (Lipinski definition) is 1. The number of pyridine rings is 1. The summed E-state index contributed by atoms with van der Waals surface area (Å²) in [7, 11) is 1.82. The van der Waals surface area contributed by atoms with Crippen LogP contribution in [0.4, 0.5) is 5.69 Å². The van der Waals surface area contributed by atoms with Crippen molar-refractivity contribution in [3.8, 4) is 0 Å². The number of hydrogen-bond acceptors (Lipinski definition) is 2. The number of aryl methyl sites for hydroxylation is 1. The maximum Gasteiger partial charge on any atom is 0.272 e. The van der Waals surface area contributed by atoms with Crippen molar-refractivity contribution >= 4 is 43.5 Å². The van der Waals surface area contributed by atoms with Crippen molar-refractivity contribution in [3.63, 3.8) is 0 Å². The monoisotopic (exact) mass is 357 g/mol.